The lowest BCUT2D eigenvalue weighted by atomic mass is 10.1. The quantitative estimate of drug-likeness (QED) is 0.846. The smallest absolute Gasteiger partial charge is 0.257 e. The number of carbonyl (C=O) groups excluding carboxylic acids is 1. The lowest BCUT2D eigenvalue weighted by molar-refractivity contribution is -0.0626. The van der Waals surface area contributed by atoms with Crippen LogP contribution in [0.15, 0.2) is 6.20 Å². The molecule has 2 unspecified atom stereocenters. The molecule has 2 atom stereocenters. The SMILES string of the molecule is CCc1nn(C)cc1C(=O)N1CC(C)OC(CN)C1. The van der Waals surface area contributed by atoms with Crippen molar-refractivity contribution in [3.05, 3.63) is 17.5 Å². The van der Waals surface area contributed by atoms with E-state index in [-0.39, 0.29) is 18.1 Å². The van der Waals surface area contributed by atoms with Gasteiger partial charge in [-0.05, 0) is 13.3 Å². The van der Waals surface area contributed by atoms with Crippen LogP contribution in [0.3, 0.4) is 0 Å². The largest absolute Gasteiger partial charge is 0.370 e. The summed E-state index contributed by atoms with van der Waals surface area (Å²) in [4.78, 5) is 14.4. The fourth-order valence-corrected chi connectivity index (χ4v) is 2.49. The minimum absolute atomic E-state index is 0.0213. The number of ether oxygens (including phenoxy) is 1. The van der Waals surface area contributed by atoms with E-state index in [4.69, 9.17) is 10.5 Å². The van der Waals surface area contributed by atoms with Gasteiger partial charge in [-0.25, -0.2) is 0 Å². The summed E-state index contributed by atoms with van der Waals surface area (Å²) in [5, 5.41) is 4.32. The molecular formula is C13H22N4O2. The molecule has 6 heteroatoms. The van der Waals surface area contributed by atoms with Crippen LogP contribution in [0.5, 0.6) is 0 Å². The molecule has 2 rings (SSSR count). The van der Waals surface area contributed by atoms with Gasteiger partial charge in [-0.3, -0.25) is 9.48 Å². The van der Waals surface area contributed by atoms with Gasteiger partial charge in [-0.1, -0.05) is 6.92 Å². The third kappa shape index (κ3) is 2.96. The highest BCUT2D eigenvalue weighted by molar-refractivity contribution is 5.95. The molecule has 1 aromatic heterocycles. The summed E-state index contributed by atoms with van der Waals surface area (Å²) < 4.78 is 7.36. The lowest BCUT2D eigenvalue weighted by Gasteiger charge is -2.36. The second-order valence-electron chi connectivity index (χ2n) is 5.03. The number of aryl methyl sites for hydroxylation is 2. The summed E-state index contributed by atoms with van der Waals surface area (Å²) in [6.45, 7) is 5.56. The van der Waals surface area contributed by atoms with Crippen LogP contribution in [0.2, 0.25) is 0 Å². The topological polar surface area (TPSA) is 73.4 Å². The second-order valence-corrected chi connectivity index (χ2v) is 5.03. The highest BCUT2D eigenvalue weighted by Crippen LogP contribution is 2.16. The standard InChI is InChI=1S/C13H22N4O2/c1-4-12-11(8-16(3)15-12)13(18)17-6-9(2)19-10(5-14)7-17/h8-10H,4-7,14H2,1-3H3. The summed E-state index contributed by atoms with van der Waals surface area (Å²) in [5.74, 6) is 0.0264. The van der Waals surface area contributed by atoms with Crippen LogP contribution in [-0.2, 0) is 18.2 Å². The van der Waals surface area contributed by atoms with Crippen molar-refractivity contribution in [2.24, 2.45) is 12.8 Å². The Morgan fingerprint density at radius 2 is 2.32 bits per heavy atom. The minimum atomic E-state index is -0.0746. The summed E-state index contributed by atoms with van der Waals surface area (Å²) in [7, 11) is 1.83. The molecule has 2 heterocycles. The van der Waals surface area contributed by atoms with E-state index < -0.39 is 0 Å². The van der Waals surface area contributed by atoms with Crippen molar-refractivity contribution < 1.29 is 9.53 Å². The Bertz CT molecular complexity index is 457. The van der Waals surface area contributed by atoms with E-state index in [0.717, 1.165) is 12.1 Å². The van der Waals surface area contributed by atoms with E-state index in [1.54, 1.807) is 10.9 Å². The highest BCUT2D eigenvalue weighted by Gasteiger charge is 2.29. The molecule has 0 bridgehead atoms. The predicted molar refractivity (Wildman–Crippen MR) is 71.9 cm³/mol. The zero-order valence-corrected chi connectivity index (χ0v) is 11.8. The van der Waals surface area contributed by atoms with Crippen molar-refractivity contribution in [3.8, 4) is 0 Å². The maximum atomic E-state index is 12.6. The average Bonchev–Trinajstić information content (AvgIpc) is 2.78. The minimum Gasteiger partial charge on any atom is -0.370 e. The first-order valence-corrected chi connectivity index (χ1v) is 6.72. The van der Waals surface area contributed by atoms with Crippen LogP contribution >= 0.6 is 0 Å². The third-order valence-electron chi connectivity index (χ3n) is 3.35. The van der Waals surface area contributed by atoms with Crippen molar-refractivity contribution >= 4 is 5.91 Å². The van der Waals surface area contributed by atoms with Crippen LogP contribution in [0, 0.1) is 0 Å². The molecule has 1 saturated heterocycles. The first-order chi connectivity index (χ1) is 9.05. The van der Waals surface area contributed by atoms with Gasteiger partial charge in [-0.15, -0.1) is 0 Å². The van der Waals surface area contributed by atoms with Gasteiger partial charge in [0.05, 0.1) is 23.5 Å². The maximum Gasteiger partial charge on any atom is 0.257 e. The van der Waals surface area contributed by atoms with E-state index in [9.17, 15) is 4.79 Å². The fourth-order valence-electron chi connectivity index (χ4n) is 2.49. The second kappa shape index (κ2) is 5.71. The molecule has 1 amide bonds. The fraction of sp³-hybridized carbons (Fsp3) is 0.692. The molecular weight excluding hydrogens is 244 g/mol. The van der Waals surface area contributed by atoms with E-state index in [0.29, 0.717) is 25.2 Å². The van der Waals surface area contributed by atoms with Crippen molar-refractivity contribution in [1.82, 2.24) is 14.7 Å². The Hall–Kier alpha value is -1.40. The summed E-state index contributed by atoms with van der Waals surface area (Å²) in [6, 6.07) is 0. The Morgan fingerprint density at radius 1 is 1.58 bits per heavy atom. The Kier molecular flexibility index (Phi) is 4.21. The van der Waals surface area contributed by atoms with Gasteiger partial charge in [0, 0.05) is 32.9 Å². The zero-order chi connectivity index (χ0) is 14.0. The molecule has 1 aromatic rings. The third-order valence-corrected chi connectivity index (χ3v) is 3.35. The lowest BCUT2D eigenvalue weighted by Crippen LogP contribution is -2.51. The number of carbonyl (C=O) groups is 1. The molecule has 0 aliphatic carbocycles. The monoisotopic (exact) mass is 266 g/mol. The normalized spacial score (nSPS) is 23.7. The molecule has 1 aliphatic heterocycles. The average molecular weight is 266 g/mol. The molecule has 2 N–H and O–H groups in total. The Labute approximate surface area is 113 Å². The van der Waals surface area contributed by atoms with Crippen LogP contribution in [0.1, 0.15) is 29.9 Å². The Morgan fingerprint density at radius 3 is 2.95 bits per heavy atom. The molecule has 0 radical (unpaired) electrons. The van der Waals surface area contributed by atoms with E-state index in [1.165, 1.54) is 0 Å². The van der Waals surface area contributed by atoms with Gasteiger partial charge in [0.25, 0.3) is 5.91 Å². The molecule has 1 fully saturated rings. The molecule has 0 spiro atoms. The molecule has 0 aromatic carbocycles. The van der Waals surface area contributed by atoms with Gasteiger partial charge in [0.15, 0.2) is 0 Å². The van der Waals surface area contributed by atoms with Crippen molar-refractivity contribution in [2.45, 2.75) is 32.5 Å². The molecule has 19 heavy (non-hydrogen) atoms. The molecule has 0 saturated carbocycles. The highest BCUT2D eigenvalue weighted by atomic mass is 16.5. The van der Waals surface area contributed by atoms with Crippen LogP contribution in [0.25, 0.3) is 0 Å². The van der Waals surface area contributed by atoms with E-state index in [2.05, 4.69) is 5.10 Å². The number of nitrogens with zero attached hydrogens (tertiary/aromatic N) is 3. The zero-order valence-electron chi connectivity index (χ0n) is 11.8. The van der Waals surface area contributed by atoms with Gasteiger partial charge < -0.3 is 15.4 Å². The number of amides is 1. The number of aromatic nitrogens is 2. The maximum absolute atomic E-state index is 12.6. The molecule has 6 nitrogen and oxygen atoms in total. The van der Waals surface area contributed by atoms with E-state index in [1.807, 2.05) is 25.8 Å². The number of nitrogens with two attached hydrogens (primary N) is 1. The van der Waals surface area contributed by atoms with Crippen molar-refractivity contribution in [3.63, 3.8) is 0 Å². The van der Waals surface area contributed by atoms with E-state index >= 15 is 0 Å². The summed E-state index contributed by atoms with van der Waals surface area (Å²) in [5.41, 5.74) is 7.18. The number of hydrogen-bond donors (Lipinski definition) is 1. The van der Waals surface area contributed by atoms with Crippen molar-refractivity contribution in [1.29, 1.82) is 0 Å². The summed E-state index contributed by atoms with van der Waals surface area (Å²) in [6.07, 6.45) is 2.49. The Balaban J connectivity index is 2.18. The van der Waals surface area contributed by atoms with Crippen LogP contribution in [0.4, 0.5) is 0 Å². The first-order valence-electron chi connectivity index (χ1n) is 6.72. The number of morpholine rings is 1. The van der Waals surface area contributed by atoms with Crippen molar-refractivity contribution in [2.75, 3.05) is 19.6 Å². The van der Waals surface area contributed by atoms with Gasteiger partial charge in [-0.2, -0.15) is 5.10 Å². The molecule has 106 valence electrons. The number of rotatable bonds is 3. The van der Waals surface area contributed by atoms with Gasteiger partial charge in [0.1, 0.15) is 0 Å². The predicted octanol–water partition coefficient (Wildman–Crippen LogP) is 0.171. The van der Waals surface area contributed by atoms with Crippen LogP contribution < -0.4 is 5.73 Å². The number of hydrogen-bond acceptors (Lipinski definition) is 4. The van der Waals surface area contributed by atoms with Crippen LogP contribution in [-0.4, -0.2) is 52.4 Å². The first kappa shape index (κ1) is 14.0. The van der Waals surface area contributed by atoms with Gasteiger partial charge in [0.2, 0.25) is 0 Å². The van der Waals surface area contributed by atoms with Gasteiger partial charge >= 0.3 is 0 Å². The molecule has 1 aliphatic rings. The summed E-state index contributed by atoms with van der Waals surface area (Å²) >= 11 is 0.